The van der Waals surface area contributed by atoms with E-state index in [-0.39, 0.29) is 16.4 Å². The van der Waals surface area contributed by atoms with Gasteiger partial charge in [-0.05, 0) is 35.0 Å². The van der Waals surface area contributed by atoms with Gasteiger partial charge in [-0.15, -0.1) is 0 Å². The van der Waals surface area contributed by atoms with Crippen LogP contribution in [0.3, 0.4) is 0 Å². The topological polar surface area (TPSA) is 17.1 Å². The second kappa shape index (κ2) is 5.58. The van der Waals surface area contributed by atoms with Crippen LogP contribution in [0, 0.1) is 5.82 Å². The van der Waals surface area contributed by atoms with Crippen LogP contribution in [-0.2, 0) is 0 Å². The summed E-state index contributed by atoms with van der Waals surface area (Å²) in [6.45, 7) is 0. The molecule has 0 unspecified atom stereocenters. The Hall–Kier alpha value is -1.71. The standard InChI is InChI=1S/C17H9BrClFO/c18-14-9-8-12(10-4-1-2-5-11(10)14)17(21)13-6-3-7-15(19)16(13)20/h1-9H. The van der Waals surface area contributed by atoms with Gasteiger partial charge in [0.2, 0.25) is 0 Å². The molecule has 0 radical (unpaired) electrons. The Morgan fingerprint density at radius 3 is 2.38 bits per heavy atom. The summed E-state index contributed by atoms with van der Waals surface area (Å²) < 4.78 is 14.9. The molecule has 4 heteroatoms. The molecule has 0 saturated carbocycles. The predicted molar refractivity (Wildman–Crippen MR) is 86.5 cm³/mol. The first-order chi connectivity index (χ1) is 10.1. The molecule has 0 N–H and O–H groups in total. The highest BCUT2D eigenvalue weighted by molar-refractivity contribution is 9.10. The molecule has 3 aromatic rings. The van der Waals surface area contributed by atoms with Crippen molar-refractivity contribution in [1.29, 1.82) is 0 Å². The molecule has 0 bridgehead atoms. The van der Waals surface area contributed by atoms with Gasteiger partial charge < -0.3 is 0 Å². The van der Waals surface area contributed by atoms with Crippen LogP contribution in [0.4, 0.5) is 4.39 Å². The van der Waals surface area contributed by atoms with E-state index in [1.165, 1.54) is 12.1 Å². The predicted octanol–water partition coefficient (Wildman–Crippen LogP) is 5.63. The molecule has 0 aliphatic heterocycles. The highest BCUT2D eigenvalue weighted by Crippen LogP contribution is 2.29. The smallest absolute Gasteiger partial charge is 0.196 e. The van der Waals surface area contributed by atoms with Gasteiger partial charge in [0.05, 0.1) is 10.6 Å². The second-order valence-corrected chi connectivity index (χ2v) is 5.83. The normalized spacial score (nSPS) is 10.8. The molecule has 0 fully saturated rings. The fourth-order valence-corrected chi connectivity index (χ4v) is 2.94. The zero-order chi connectivity index (χ0) is 15.0. The van der Waals surface area contributed by atoms with E-state index in [2.05, 4.69) is 15.9 Å². The minimum Gasteiger partial charge on any atom is -0.288 e. The Kier molecular flexibility index (Phi) is 3.79. The molecule has 3 aromatic carbocycles. The summed E-state index contributed by atoms with van der Waals surface area (Å²) >= 11 is 9.21. The molecule has 0 saturated heterocycles. The summed E-state index contributed by atoms with van der Waals surface area (Å²) in [7, 11) is 0. The van der Waals surface area contributed by atoms with Crippen LogP contribution in [0.15, 0.2) is 59.1 Å². The molecule has 0 amide bonds. The van der Waals surface area contributed by atoms with Gasteiger partial charge in [-0.3, -0.25) is 4.79 Å². The summed E-state index contributed by atoms with van der Waals surface area (Å²) in [5.74, 6) is -1.06. The molecule has 104 valence electrons. The van der Waals surface area contributed by atoms with Crippen LogP contribution < -0.4 is 0 Å². The maximum Gasteiger partial charge on any atom is 0.196 e. The van der Waals surface area contributed by atoms with Crippen LogP contribution in [0.25, 0.3) is 10.8 Å². The molecular formula is C17H9BrClFO. The number of rotatable bonds is 2. The lowest BCUT2D eigenvalue weighted by Gasteiger charge is -2.08. The number of fused-ring (bicyclic) bond motifs is 1. The summed E-state index contributed by atoms with van der Waals surface area (Å²) in [6.07, 6.45) is 0. The minimum atomic E-state index is -0.684. The lowest BCUT2D eigenvalue weighted by Crippen LogP contribution is -2.05. The molecule has 3 rings (SSSR count). The van der Waals surface area contributed by atoms with Gasteiger partial charge in [0.15, 0.2) is 11.6 Å². The van der Waals surface area contributed by atoms with Crippen molar-refractivity contribution in [3.8, 4) is 0 Å². The number of carbonyl (C=O) groups excluding carboxylic acids is 1. The molecule has 0 spiro atoms. The van der Waals surface area contributed by atoms with E-state index in [0.29, 0.717) is 5.56 Å². The van der Waals surface area contributed by atoms with E-state index in [0.717, 1.165) is 15.2 Å². The molecule has 21 heavy (non-hydrogen) atoms. The van der Waals surface area contributed by atoms with Crippen molar-refractivity contribution >= 4 is 44.1 Å². The van der Waals surface area contributed by atoms with Crippen molar-refractivity contribution in [2.24, 2.45) is 0 Å². The fraction of sp³-hybridized carbons (Fsp3) is 0. The molecule has 1 nitrogen and oxygen atoms in total. The highest BCUT2D eigenvalue weighted by Gasteiger charge is 2.18. The quantitative estimate of drug-likeness (QED) is 0.540. The van der Waals surface area contributed by atoms with Crippen molar-refractivity contribution in [3.63, 3.8) is 0 Å². The first-order valence-electron chi connectivity index (χ1n) is 6.25. The molecule has 0 aromatic heterocycles. The maximum absolute atomic E-state index is 14.1. The summed E-state index contributed by atoms with van der Waals surface area (Å²) in [4.78, 5) is 12.6. The molecule has 0 aliphatic carbocycles. The number of carbonyl (C=O) groups is 1. The fourth-order valence-electron chi connectivity index (χ4n) is 2.28. The average Bonchev–Trinajstić information content (AvgIpc) is 2.50. The third-order valence-corrected chi connectivity index (χ3v) is 4.30. The Balaban J connectivity index is 2.23. The number of halogens is 3. The molecule has 0 aliphatic rings. The van der Waals surface area contributed by atoms with Gasteiger partial charge in [0.1, 0.15) is 0 Å². The van der Waals surface area contributed by atoms with E-state index in [1.54, 1.807) is 18.2 Å². The van der Waals surface area contributed by atoms with E-state index < -0.39 is 5.82 Å². The molecular weight excluding hydrogens is 355 g/mol. The van der Waals surface area contributed by atoms with E-state index in [4.69, 9.17) is 11.6 Å². The highest BCUT2D eigenvalue weighted by atomic mass is 79.9. The molecule has 0 atom stereocenters. The van der Waals surface area contributed by atoms with Gasteiger partial charge >= 0.3 is 0 Å². The Morgan fingerprint density at radius 1 is 0.905 bits per heavy atom. The summed E-state index contributed by atoms with van der Waals surface area (Å²) in [5.41, 5.74) is 0.435. The van der Waals surface area contributed by atoms with Gasteiger partial charge in [0.25, 0.3) is 0 Å². The van der Waals surface area contributed by atoms with E-state index in [1.807, 2.05) is 24.3 Å². The van der Waals surface area contributed by atoms with Crippen molar-refractivity contribution in [2.75, 3.05) is 0 Å². The van der Waals surface area contributed by atoms with Gasteiger partial charge in [0, 0.05) is 10.0 Å². The monoisotopic (exact) mass is 362 g/mol. The zero-order valence-electron chi connectivity index (χ0n) is 10.7. The van der Waals surface area contributed by atoms with Crippen LogP contribution in [-0.4, -0.2) is 5.78 Å². The Bertz CT molecular complexity index is 861. The van der Waals surface area contributed by atoms with Crippen LogP contribution >= 0.6 is 27.5 Å². The number of hydrogen-bond donors (Lipinski definition) is 0. The number of ketones is 1. The third-order valence-electron chi connectivity index (χ3n) is 3.31. The second-order valence-electron chi connectivity index (χ2n) is 4.57. The number of hydrogen-bond acceptors (Lipinski definition) is 1. The summed E-state index contributed by atoms with van der Waals surface area (Å²) in [6, 6.07) is 15.4. The minimum absolute atomic E-state index is 0.0185. The lowest BCUT2D eigenvalue weighted by atomic mass is 9.97. The van der Waals surface area contributed by atoms with E-state index >= 15 is 0 Å². The SMILES string of the molecule is O=C(c1cccc(Cl)c1F)c1ccc(Br)c2ccccc12. The lowest BCUT2D eigenvalue weighted by molar-refractivity contribution is 0.103. The van der Waals surface area contributed by atoms with Gasteiger partial charge in [-0.2, -0.15) is 0 Å². The summed E-state index contributed by atoms with van der Waals surface area (Å²) in [5, 5.41) is 1.63. The van der Waals surface area contributed by atoms with E-state index in [9.17, 15) is 9.18 Å². The van der Waals surface area contributed by atoms with Crippen molar-refractivity contribution < 1.29 is 9.18 Å². The van der Waals surface area contributed by atoms with Crippen LogP contribution in [0.5, 0.6) is 0 Å². The van der Waals surface area contributed by atoms with Gasteiger partial charge in [-0.1, -0.05) is 57.9 Å². The molecule has 0 heterocycles. The van der Waals surface area contributed by atoms with Gasteiger partial charge in [-0.25, -0.2) is 4.39 Å². The maximum atomic E-state index is 14.1. The largest absolute Gasteiger partial charge is 0.288 e. The van der Waals surface area contributed by atoms with Crippen molar-refractivity contribution in [2.45, 2.75) is 0 Å². The Labute approximate surface area is 134 Å². The first kappa shape index (κ1) is 14.2. The van der Waals surface area contributed by atoms with Crippen LogP contribution in [0.2, 0.25) is 5.02 Å². The zero-order valence-corrected chi connectivity index (χ0v) is 13.1. The van der Waals surface area contributed by atoms with Crippen molar-refractivity contribution in [1.82, 2.24) is 0 Å². The van der Waals surface area contributed by atoms with Crippen molar-refractivity contribution in [3.05, 3.63) is 81.0 Å². The average molecular weight is 364 g/mol. The third kappa shape index (κ3) is 2.47. The van der Waals surface area contributed by atoms with Crippen LogP contribution in [0.1, 0.15) is 15.9 Å². The Morgan fingerprint density at radius 2 is 1.62 bits per heavy atom. The first-order valence-corrected chi connectivity index (χ1v) is 7.42. The number of benzene rings is 3.